The molecule has 3 aromatic rings. The summed E-state index contributed by atoms with van der Waals surface area (Å²) >= 11 is 12.6. The number of nitrogens with zero attached hydrogens (tertiary/aromatic N) is 3. The van der Waals surface area contributed by atoms with E-state index < -0.39 is 5.79 Å². The van der Waals surface area contributed by atoms with Crippen LogP contribution in [-0.4, -0.2) is 27.5 Å². The molecule has 0 saturated carbocycles. The summed E-state index contributed by atoms with van der Waals surface area (Å²) in [7, 11) is 0. The van der Waals surface area contributed by atoms with Crippen molar-refractivity contribution in [2.75, 3.05) is 6.61 Å². The second-order valence-electron chi connectivity index (χ2n) is 6.88. The van der Waals surface area contributed by atoms with Gasteiger partial charge in [0.2, 0.25) is 5.79 Å². The van der Waals surface area contributed by atoms with Gasteiger partial charge < -0.3 is 14.2 Å². The lowest BCUT2D eigenvalue weighted by atomic mass is 10.1. The predicted molar refractivity (Wildman–Crippen MR) is 110 cm³/mol. The van der Waals surface area contributed by atoms with E-state index >= 15 is 0 Å². The minimum absolute atomic E-state index is 0.00424. The number of benzene rings is 2. The summed E-state index contributed by atoms with van der Waals surface area (Å²) in [6.45, 7) is 2.98. The zero-order valence-corrected chi connectivity index (χ0v) is 17.4. The summed E-state index contributed by atoms with van der Waals surface area (Å²) in [6, 6.07) is 12.6. The van der Waals surface area contributed by atoms with E-state index in [0.29, 0.717) is 34.7 Å². The normalized spacial score (nSPS) is 21.4. The molecule has 4 rings (SSSR count). The molecule has 0 spiro atoms. The van der Waals surface area contributed by atoms with Crippen LogP contribution in [0.2, 0.25) is 10.0 Å². The Morgan fingerprint density at radius 2 is 1.97 bits per heavy atom. The third kappa shape index (κ3) is 4.56. The first-order valence-electron chi connectivity index (χ1n) is 9.45. The van der Waals surface area contributed by atoms with Crippen LogP contribution in [0.5, 0.6) is 11.5 Å². The Kier molecular flexibility index (Phi) is 6.06. The topological polar surface area (TPSA) is 58.4 Å². The van der Waals surface area contributed by atoms with Crippen LogP contribution in [0, 0.1) is 0 Å². The Hall–Kier alpha value is -2.12. The zero-order chi connectivity index (χ0) is 20.3. The van der Waals surface area contributed by atoms with Crippen molar-refractivity contribution in [1.29, 1.82) is 0 Å². The van der Waals surface area contributed by atoms with Gasteiger partial charge >= 0.3 is 0 Å². The number of aromatic nitrogens is 3. The molecule has 1 aliphatic heterocycles. The van der Waals surface area contributed by atoms with Crippen molar-refractivity contribution in [1.82, 2.24) is 14.8 Å². The van der Waals surface area contributed by atoms with Crippen LogP contribution in [0.15, 0.2) is 55.1 Å². The lowest BCUT2D eigenvalue weighted by Crippen LogP contribution is -2.34. The smallest absolute Gasteiger partial charge is 0.217 e. The Morgan fingerprint density at radius 3 is 2.66 bits per heavy atom. The fourth-order valence-electron chi connectivity index (χ4n) is 3.37. The van der Waals surface area contributed by atoms with Gasteiger partial charge in [-0.3, -0.25) is 0 Å². The minimum Gasteiger partial charge on any atom is -0.457 e. The van der Waals surface area contributed by atoms with Gasteiger partial charge in [0.25, 0.3) is 0 Å². The summed E-state index contributed by atoms with van der Waals surface area (Å²) in [4.78, 5) is 4.01. The number of hydrogen-bond acceptors (Lipinski definition) is 5. The van der Waals surface area contributed by atoms with Crippen LogP contribution in [0.1, 0.15) is 25.3 Å². The summed E-state index contributed by atoms with van der Waals surface area (Å²) in [5, 5.41) is 5.34. The molecule has 8 heteroatoms. The lowest BCUT2D eigenvalue weighted by Gasteiger charge is -2.29. The summed E-state index contributed by atoms with van der Waals surface area (Å²) in [5.74, 6) is 0.260. The lowest BCUT2D eigenvalue weighted by molar-refractivity contribution is -0.189. The second-order valence-corrected chi connectivity index (χ2v) is 7.73. The van der Waals surface area contributed by atoms with Gasteiger partial charge in [-0.25, -0.2) is 9.67 Å². The number of ether oxygens (including phenoxy) is 3. The molecule has 0 bridgehead atoms. The maximum absolute atomic E-state index is 6.65. The highest BCUT2D eigenvalue weighted by Crippen LogP contribution is 2.42. The van der Waals surface area contributed by atoms with Crippen molar-refractivity contribution in [3.63, 3.8) is 0 Å². The summed E-state index contributed by atoms with van der Waals surface area (Å²) in [5.41, 5.74) is 0.733. The van der Waals surface area contributed by atoms with E-state index in [1.807, 2.05) is 12.1 Å². The monoisotopic (exact) mass is 433 g/mol. The Morgan fingerprint density at radius 1 is 1.17 bits per heavy atom. The molecule has 0 aliphatic carbocycles. The fraction of sp³-hybridized carbons (Fsp3) is 0.333. The molecule has 1 aromatic heterocycles. The van der Waals surface area contributed by atoms with E-state index in [-0.39, 0.29) is 6.10 Å². The van der Waals surface area contributed by atoms with Gasteiger partial charge in [-0.2, -0.15) is 5.10 Å². The molecule has 2 unspecified atom stereocenters. The molecule has 2 atom stereocenters. The fourth-order valence-corrected chi connectivity index (χ4v) is 3.81. The quantitative estimate of drug-likeness (QED) is 0.495. The molecule has 0 N–H and O–H groups in total. The van der Waals surface area contributed by atoms with Gasteiger partial charge in [-0.15, -0.1) is 0 Å². The van der Waals surface area contributed by atoms with Crippen molar-refractivity contribution < 1.29 is 14.2 Å². The van der Waals surface area contributed by atoms with Crippen LogP contribution in [0.3, 0.4) is 0 Å². The zero-order valence-electron chi connectivity index (χ0n) is 15.9. The first-order valence-corrected chi connectivity index (χ1v) is 10.2. The Labute approximate surface area is 179 Å². The van der Waals surface area contributed by atoms with E-state index in [0.717, 1.165) is 18.4 Å². The van der Waals surface area contributed by atoms with Crippen molar-refractivity contribution >= 4 is 23.2 Å². The molecular formula is C21H21Cl2N3O3. The Balaban J connectivity index is 1.61. The molecule has 1 saturated heterocycles. The predicted octanol–water partition coefficient (Wildman–Crippen LogP) is 5.45. The van der Waals surface area contributed by atoms with Crippen LogP contribution in [0.4, 0.5) is 0 Å². The molecule has 1 fully saturated rings. The van der Waals surface area contributed by atoms with Crippen LogP contribution >= 0.6 is 23.2 Å². The highest BCUT2D eigenvalue weighted by molar-refractivity contribution is 6.31. The summed E-state index contributed by atoms with van der Waals surface area (Å²) in [6.07, 6.45) is 5.04. The number of rotatable bonds is 7. The minimum atomic E-state index is -1.02. The second kappa shape index (κ2) is 8.71. The van der Waals surface area contributed by atoms with E-state index in [2.05, 4.69) is 17.0 Å². The molecule has 2 heterocycles. The molecular weight excluding hydrogens is 413 g/mol. The maximum Gasteiger partial charge on any atom is 0.217 e. The third-order valence-corrected chi connectivity index (χ3v) is 5.27. The highest BCUT2D eigenvalue weighted by Gasteiger charge is 2.45. The standard InChI is InChI=1S/C21H21Cl2N3O3/c1-2-3-18-11-27-21(29-18,12-26-14-24-13-25-26)19-9-8-17(10-20(19)23)28-16-6-4-15(22)5-7-16/h4-10,13-14,18H,2-3,11-12H2,1H3. The first kappa shape index (κ1) is 20.2. The van der Waals surface area contributed by atoms with Gasteiger partial charge in [0.1, 0.15) is 30.7 Å². The van der Waals surface area contributed by atoms with Gasteiger partial charge in [0, 0.05) is 10.6 Å². The van der Waals surface area contributed by atoms with Crippen molar-refractivity contribution in [2.45, 2.75) is 38.2 Å². The van der Waals surface area contributed by atoms with Gasteiger partial charge in [-0.1, -0.05) is 36.5 Å². The average Bonchev–Trinajstić information content (AvgIpc) is 3.35. The van der Waals surface area contributed by atoms with E-state index in [9.17, 15) is 0 Å². The van der Waals surface area contributed by atoms with Gasteiger partial charge in [-0.05, 0) is 48.9 Å². The molecule has 6 nitrogen and oxygen atoms in total. The van der Waals surface area contributed by atoms with Crippen molar-refractivity contribution in [3.8, 4) is 11.5 Å². The largest absolute Gasteiger partial charge is 0.457 e. The van der Waals surface area contributed by atoms with Crippen LogP contribution in [-0.2, 0) is 21.8 Å². The molecule has 152 valence electrons. The van der Waals surface area contributed by atoms with Gasteiger partial charge in [0.15, 0.2) is 0 Å². The SMILES string of the molecule is CCCC1COC(Cn2cncn2)(c2ccc(Oc3ccc(Cl)cc3)cc2Cl)O1. The molecule has 0 radical (unpaired) electrons. The average molecular weight is 434 g/mol. The van der Waals surface area contributed by atoms with Gasteiger partial charge in [0.05, 0.1) is 17.7 Å². The maximum atomic E-state index is 6.65. The first-order chi connectivity index (χ1) is 14.1. The molecule has 0 amide bonds. The number of halogens is 2. The van der Waals surface area contributed by atoms with Crippen molar-refractivity contribution in [2.24, 2.45) is 0 Å². The number of hydrogen-bond donors (Lipinski definition) is 0. The molecule has 29 heavy (non-hydrogen) atoms. The highest BCUT2D eigenvalue weighted by atomic mass is 35.5. The van der Waals surface area contributed by atoms with E-state index in [1.165, 1.54) is 6.33 Å². The van der Waals surface area contributed by atoms with Crippen molar-refractivity contribution in [3.05, 3.63) is 70.7 Å². The van der Waals surface area contributed by atoms with E-state index in [4.69, 9.17) is 37.4 Å². The molecule has 1 aliphatic rings. The molecule has 2 aromatic carbocycles. The summed E-state index contributed by atoms with van der Waals surface area (Å²) < 4.78 is 20.1. The van der Waals surface area contributed by atoms with Crippen LogP contribution in [0.25, 0.3) is 0 Å². The van der Waals surface area contributed by atoms with E-state index in [1.54, 1.807) is 41.3 Å². The third-order valence-electron chi connectivity index (χ3n) is 4.71. The van der Waals surface area contributed by atoms with Crippen LogP contribution < -0.4 is 4.74 Å². The Bertz CT molecular complexity index is 950.